The number of aromatic nitrogens is 3. The quantitative estimate of drug-likeness (QED) is 0.604. The minimum absolute atomic E-state index is 0.00913. The molecule has 0 unspecified atom stereocenters. The van der Waals surface area contributed by atoms with Crippen LogP contribution in [0.2, 0.25) is 0 Å². The number of benzene rings is 1. The largest absolute Gasteiger partial charge is 0.353 e. The minimum Gasteiger partial charge on any atom is -0.353 e. The van der Waals surface area contributed by atoms with Crippen molar-refractivity contribution in [2.45, 2.75) is 45.7 Å². The van der Waals surface area contributed by atoms with Crippen molar-refractivity contribution >= 4 is 11.8 Å². The Morgan fingerprint density at radius 3 is 2.61 bits per heavy atom. The predicted molar refractivity (Wildman–Crippen MR) is 127 cm³/mol. The van der Waals surface area contributed by atoms with E-state index in [2.05, 4.69) is 33.5 Å². The first kappa shape index (κ1) is 22.7. The molecule has 0 aliphatic carbocycles. The highest BCUT2D eigenvalue weighted by atomic mass is 16.2. The van der Waals surface area contributed by atoms with E-state index in [9.17, 15) is 9.59 Å². The topological polar surface area (TPSA) is 80.1 Å². The third kappa shape index (κ3) is 4.97. The lowest BCUT2D eigenvalue weighted by molar-refractivity contribution is -0.135. The normalized spacial score (nSPS) is 19.0. The van der Waals surface area contributed by atoms with Gasteiger partial charge in [-0.05, 0) is 56.4 Å². The maximum Gasteiger partial charge on any atom is 0.245 e. The number of amides is 2. The van der Waals surface area contributed by atoms with Gasteiger partial charge in [0.1, 0.15) is 6.04 Å². The molecule has 2 aromatic heterocycles. The van der Waals surface area contributed by atoms with E-state index in [0.717, 1.165) is 16.7 Å². The minimum atomic E-state index is -0.665. The fourth-order valence-electron chi connectivity index (χ4n) is 4.56. The molecule has 1 aliphatic rings. The number of likely N-dealkylation sites (tertiary alicyclic amines) is 1. The van der Waals surface area contributed by atoms with Gasteiger partial charge in [0.05, 0.1) is 11.7 Å². The summed E-state index contributed by atoms with van der Waals surface area (Å²) in [5.41, 5.74) is 2.52. The summed E-state index contributed by atoms with van der Waals surface area (Å²) < 4.78 is 1.80. The smallest absolute Gasteiger partial charge is 0.245 e. The van der Waals surface area contributed by atoms with Crippen LogP contribution in [0.5, 0.6) is 0 Å². The highest BCUT2D eigenvalue weighted by Gasteiger charge is 2.46. The highest BCUT2D eigenvalue weighted by Crippen LogP contribution is 2.36. The number of nitrogens with one attached hydrogen (secondary N) is 1. The molecule has 172 valence electrons. The van der Waals surface area contributed by atoms with Gasteiger partial charge in [-0.2, -0.15) is 0 Å². The summed E-state index contributed by atoms with van der Waals surface area (Å²) in [6.07, 6.45) is 9.92. The maximum absolute atomic E-state index is 13.4. The number of nitrogens with zero attached hydrogens (tertiary/aromatic N) is 4. The molecule has 0 bridgehead atoms. The molecule has 33 heavy (non-hydrogen) atoms. The van der Waals surface area contributed by atoms with Gasteiger partial charge in [-0.3, -0.25) is 14.6 Å². The van der Waals surface area contributed by atoms with Gasteiger partial charge in [0.2, 0.25) is 11.8 Å². The molecule has 1 saturated heterocycles. The molecule has 0 spiro atoms. The lowest BCUT2D eigenvalue weighted by Crippen LogP contribution is -2.47. The zero-order valence-corrected chi connectivity index (χ0v) is 19.4. The highest BCUT2D eigenvalue weighted by molar-refractivity contribution is 5.87. The van der Waals surface area contributed by atoms with Crippen molar-refractivity contribution in [3.63, 3.8) is 0 Å². The van der Waals surface area contributed by atoms with Crippen LogP contribution in [-0.4, -0.2) is 50.4 Å². The number of hydrogen-bond donors (Lipinski definition) is 1. The Morgan fingerprint density at radius 1 is 1.09 bits per heavy atom. The number of pyridine rings is 1. The summed E-state index contributed by atoms with van der Waals surface area (Å²) in [6.45, 7) is 6.77. The molecule has 1 fully saturated rings. The van der Waals surface area contributed by atoms with Crippen LogP contribution in [0.3, 0.4) is 0 Å². The second-order valence-electron chi connectivity index (χ2n) is 9.22. The first-order chi connectivity index (χ1) is 15.9. The van der Waals surface area contributed by atoms with Gasteiger partial charge in [-0.1, -0.05) is 30.3 Å². The van der Waals surface area contributed by atoms with E-state index in [1.807, 2.05) is 50.1 Å². The Hall–Kier alpha value is -3.48. The second-order valence-corrected chi connectivity index (χ2v) is 9.22. The molecular formula is C26H31N5O2. The van der Waals surface area contributed by atoms with Gasteiger partial charge in [-0.25, -0.2) is 4.98 Å². The van der Waals surface area contributed by atoms with Gasteiger partial charge in [0, 0.05) is 43.9 Å². The van der Waals surface area contributed by atoms with Gasteiger partial charge in [0.15, 0.2) is 0 Å². The van der Waals surface area contributed by atoms with Crippen LogP contribution in [0.25, 0.3) is 11.1 Å². The third-order valence-corrected chi connectivity index (χ3v) is 6.36. The van der Waals surface area contributed by atoms with Crippen LogP contribution < -0.4 is 5.32 Å². The van der Waals surface area contributed by atoms with Crippen molar-refractivity contribution < 1.29 is 9.59 Å². The molecule has 7 heteroatoms. The third-order valence-electron chi connectivity index (χ3n) is 6.36. The molecule has 1 aliphatic heterocycles. The van der Waals surface area contributed by atoms with E-state index in [1.165, 1.54) is 0 Å². The average Bonchev–Trinajstić information content (AvgIpc) is 3.50. The van der Waals surface area contributed by atoms with Crippen LogP contribution in [-0.2, 0) is 16.0 Å². The zero-order chi connectivity index (χ0) is 23.4. The van der Waals surface area contributed by atoms with Crippen molar-refractivity contribution in [1.29, 1.82) is 0 Å². The van der Waals surface area contributed by atoms with Crippen molar-refractivity contribution in [2.24, 2.45) is 5.41 Å². The van der Waals surface area contributed by atoms with Gasteiger partial charge in [0.25, 0.3) is 0 Å². The Morgan fingerprint density at radius 2 is 1.91 bits per heavy atom. The Labute approximate surface area is 194 Å². The molecule has 3 heterocycles. The molecule has 1 N–H and O–H groups in total. The van der Waals surface area contributed by atoms with Gasteiger partial charge < -0.3 is 14.8 Å². The lowest BCUT2D eigenvalue weighted by atomic mass is 9.79. The molecule has 3 aromatic rings. The number of rotatable bonds is 7. The maximum atomic E-state index is 13.4. The van der Waals surface area contributed by atoms with E-state index >= 15 is 0 Å². The van der Waals surface area contributed by atoms with Gasteiger partial charge in [-0.15, -0.1) is 0 Å². The van der Waals surface area contributed by atoms with Crippen molar-refractivity contribution in [3.05, 3.63) is 73.1 Å². The van der Waals surface area contributed by atoms with E-state index in [4.69, 9.17) is 0 Å². The van der Waals surface area contributed by atoms with Crippen LogP contribution >= 0.6 is 0 Å². The molecule has 0 radical (unpaired) electrons. The summed E-state index contributed by atoms with van der Waals surface area (Å²) in [6, 6.07) is 11.9. The SMILES string of the molecule is CC(C)NC(=O)[C@@]1(Cc2cccc(-c3cccnc3)c2)CCN(C(=O)[C@@H](C)n2ccnc2)C1. The van der Waals surface area contributed by atoms with Crippen molar-refractivity contribution in [3.8, 4) is 11.1 Å². The van der Waals surface area contributed by atoms with Crippen LogP contribution in [0.15, 0.2) is 67.5 Å². The molecule has 0 saturated carbocycles. The summed E-state index contributed by atoms with van der Waals surface area (Å²) in [5.74, 6) is 0.0196. The Bertz CT molecular complexity index is 1100. The second kappa shape index (κ2) is 9.57. The van der Waals surface area contributed by atoms with E-state index in [-0.39, 0.29) is 23.9 Å². The fraction of sp³-hybridized carbons (Fsp3) is 0.385. The first-order valence-electron chi connectivity index (χ1n) is 11.4. The standard InChI is InChI=1S/C26H31N5O2/c1-19(2)29-25(33)26(9-12-30(17-26)24(32)20(3)31-13-11-28-18-31)15-21-6-4-7-22(14-21)23-8-5-10-27-16-23/h4-8,10-11,13-14,16,18-20H,9,12,15,17H2,1-3H3,(H,29,33)/t20-,26-/m1/s1. The van der Waals surface area contributed by atoms with E-state index in [1.54, 1.807) is 29.5 Å². The average molecular weight is 446 g/mol. The summed E-state index contributed by atoms with van der Waals surface area (Å²) in [4.78, 5) is 36.7. The van der Waals surface area contributed by atoms with E-state index in [0.29, 0.717) is 25.9 Å². The fourth-order valence-corrected chi connectivity index (χ4v) is 4.56. The van der Waals surface area contributed by atoms with Crippen LogP contribution in [0, 0.1) is 5.41 Å². The molecular weight excluding hydrogens is 414 g/mol. The molecule has 2 atom stereocenters. The monoisotopic (exact) mass is 445 g/mol. The van der Waals surface area contributed by atoms with Crippen molar-refractivity contribution in [1.82, 2.24) is 24.8 Å². The molecule has 1 aromatic carbocycles. The molecule has 2 amide bonds. The van der Waals surface area contributed by atoms with Gasteiger partial charge >= 0.3 is 0 Å². The number of carbonyl (C=O) groups is 2. The predicted octanol–water partition coefficient (Wildman–Crippen LogP) is 3.49. The lowest BCUT2D eigenvalue weighted by Gasteiger charge is -2.30. The number of hydrogen-bond acceptors (Lipinski definition) is 4. The first-order valence-corrected chi connectivity index (χ1v) is 11.4. The molecule has 4 rings (SSSR count). The summed E-state index contributed by atoms with van der Waals surface area (Å²) in [5, 5.41) is 3.11. The summed E-state index contributed by atoms with van der Waals surface area (Å²) in [7, 11) is 0. The zero-order valence-electron chi connectivity index (χ0n) is 19.4. The summed E-state index contributed by atoms with van der Waals surface area (Å²) >= 11 is 0. The van der Waals surface area contributed by atoms with Crippen LogP contribution in [0.4, 0.5) is 0 Å². The van der Waals surface area contributed by atoms with Crippen molar-refractivity contribution in [2.75, 3.05) is 13.1 Å². The van der Waals surface area contributed by atoms with E-state index < -0.39 is 5.41 Å². The number of carbonyl (C=O) groups excluding carboxylic acids is 2. The molecule has 7 nitrogen and oxygen atoms in total. The number of imidazole rings is 1. The Kier molecular flexibility index (Phi) is 6.58. The Balaban J connectivity index is 1.58. The van der Waals surface area contributed by atoms with Crippen LogP contribution in [0.1, 0.15) is 38.8 Å².